The largest absolute Gasteiger partial charge is 0.489 e. The molecule has 1 aliphatic heterocycles. The third kappa shape index (κ3) is 5.33. The average molecular weight is 479 g/mol. The first-order chi connectivity index (χ1) is 15.1. The molecule has 158 valence electrons. The van der Waals surface area contributed by atoms with Crippen LogP contribution in [0.25, 0.3) is 0 Å². The lowest BCUT2D eigenvalue weighted by molar-refractivity contribution is 0.0535. The Kier molecular flexibility index (Phi) is 6.67. The lowest BCUT2D eigenvalue weighted by Crippen LogP contribution is -2.50. The van der Waals surface area contributed by atoms with Gasteiger partial charge in [-0.3, -0.25) is 9.59 Å². The van der Waals surface area contributed by atoms with Gasteiger partial charge < -0.3 is 14.5 Å². The molecule has 3 aromatic carbocycles. The van der Waals surface area contributed by atoms with Crippen molar-refractivity contribution in [3.63, 3.8) is 0 Å². The Balaban J connectivity index is 1.29. The van der Waals surface area contributed by atoms with Crippen LogP contribution in [0.5, 0.6) is 5.75 Å². The summed E-state index contributed by atoms with van der Waals surface area (Å²) in [7, 11) is 0. The van der Waals surface area contributed by atoms with Crippen molar-refractivity contribution in [2.45, 2.75) is 6.61 Å². The predicted molar refractivity (Wildman–Crippen MR) is 123 cm³/mol. The molecule has 6 heteroatoms. The van der Waals surface area contributed by atoms with Crippen molar-refractivity contribution in [3.05, 3.63) is 100 Å². The molecular weight excluding hydrogens is 456 g/mol. The summed E-state index contributed by atoms with van der Waals surface area (Å²) in [5.74, 6) is 0.807. The molecule has 0 saturated carbocycles. The van der Waals surface area contributed by atoms with Gasteiger partial charge >= 0.3 is 0 Å². The highest BCUT2D eigenvalue weighted by atomic mass is 79.9. The van der Waals surface area contributed by atoms with E-state index in [1.807, 2.05) is 88.7 Å². The number of carbonyl (C=O) groups excluding carboxylic acids is 2. The van der Waals surface area contributed by atoms with E-state index >= 15 is 0 Å². The van der Waals surface area contributed by atoms with Gasteiger partial charge in [-0.05, 0) is 54.1 Å². The number of rotatable bonds is 5. The minimum atomic E-state index is -0.00723. The highest BCUT2D eigenvalue weighted by Crippen LogP contribution is 2.18. The molecule has 31 heavy (non-hydrogen) atoms. The molecule has 0 aromatic heterocycles. The van der Waals surface area contributed by atoms with Crippen LogP contribution in [-0.2, 0) is 6.61 Å². The van der Waals surface area contributed by atoms with Crippen molar-refractivity contribution in [2.75, 3.05) is 26.2 Å². The minimum absolute atomic E-state index is 0.00723. The molecule has 4 rings (SSSR count). The fourth-order valence-electron chi connectivity index (χ4n) is 3.50. The maximum Gasteiger partial charge on any atom is 0.253 e. The molecule has 0 radical (unpaired) electrons. The van der Waals surface area contributed by atoms with Crippen LogP contribution in [0.15, 0.2) is 83.3 Å². The molecule has 0 unspecified atom stereocenters. The van der Waals surface area contributed by atoms with Crippen LogP contribution in [0.2, 0.25) is 0 Å². The SMILES string of the molecule is O=C(c1ccccc1)N1CCN(C(=O)c2ccc(COc3ccc(Br)cc3)cc2)CC1. The van der Waals surface area contributed by atoms with Gasteiger partial charge in [0.05, 0.1) is 0 Å². The van der Waals surface area contributed by atoms with Gasteiger partial charge in [0, 0.05) is 41.8 Å². The molecule has 0 N–H and O–H groups in total. The summed E-state index contributed by atoms with van der Waals surface area (Å²) in [4.78, 5) is 29.0. The van der Waals surface area contributed by atoms with Gasteiger partial charge in [-0.25, -0.2) is 0 Å². The van der Waals surface area contributed by atoms with E-state index in [2.05, 4.69) is 15.9 Å². The van der Waals surface area contributed by atoms with E-state index < -0.39 is 0 Å². The summed E-state index contributed by atoms with van der Waals surface area (Å²) in [6.07, 6.45) is 0. The molecule has 0 bridgehead atoms. The first-order valence-corrected chi connectivity index (χ1v) is 11.0. The van der Waals surface area contributed by atoms with Crippen molar-refractivity contribution < 1.29 is 14.3 Å². The molecule has 0 spiro atoms. The standard InChI is InChI=1S/C25H23BrN2O3/c26-22-10-12-23(13-11-22)31-18-19-6-8-21(9-7-19)25(30)28-16-14-27(15-17-28)24(29)20-4-2-1-3-5-20/h1-13H,14-18H2. The molecule has 1 fully saturated rings. The molecule has 3 aromatic rings. The Morgan fingerprint density at radius 1 is 0.710 bits per heavy atom. The third-order valence-corrected chi connectivity index (χ3v) is 5.82. The van der Waals surface area contributed by atoms with Crippen LogP contribution in [0.3, 0.4) is 0 Å². The summed E-state index contributed by atoms with van der Waals surface area (Å²) in [5.41, 5.74) is 2.33. The average Bonchev–Trinajstić information content (AvgIpc) is 2.84. The lowest BCUT2D eigenvalue weighted by Gasteiger charge is -2.35. The quantitative estimate of drug-likeness (QED) is 0.537. The van der Waals surface area contributed by atoms with E-state index in [0.29, 0.717) is 43.9 Å². The molecule has 1 saturated heterocycles. The van der Waals surface area contributed by atoms with Gasteiger partial charge in [0.2, 0.25) is 0 Å². The van der Waals surface area contributed by atoms with Crippen molar-refractivity contribution in [2.24, 2.45) is 0 Å². The van der Waals surface area contributed by atoms with Crippen LogP contribution < -0.4 is 4.74 Å². The number of piperazine rings is 1. The summed E-state index contributed by atoms with van der Waals surface area (Å²) in [5, 5.41) is 0. The van der Waals surface area contributed by atoms with E-state index in [4.69, 9.17) is 4.74 Å². The second-order valence-electron chi connectivity index (χ2n) is 7.39. The number of nitrogens with zero attached hydrogens (tertiary/aromatic N) is 2. The van der Waals surface area contributed by atoms with Gasteiger partial charge in [0.1, 0.15) is 12.4 Å². The van der Waals surface area contributed by atoms with Gasteiger partial charge in [-0.1, -0.05) is 46.3 Å². The van der Waals surface area contributed by atoms with Gasteiger partial charge in [-0.15, -0.1) is 0 Å². The van der Waals surface area contributed by atoms with E-state index in [1.54, 1.807) is 0 Å². The van der Waals surface area contributed by atoms with Crippen molar-refractivity contribution in [1.82, 2.24) is 9.80 Å². The Morgan fingerprint density at radius 3 is 1.77 bits per heavy atom. The summed E-state index contributed by atoms with van der Waals surface area (Å²) in [6.45, 7) is 2.59. The zero-order chi connectivity index (χ0) is 21.6. The highest BCUT2D eigenvalue weighted by molar-refractivity contribution is 9.10. The summed E-state index contributed by atoms with van der Waals surface area (Å²) in [6, 6.07) is 24.5. The minimum Gasteiger partial charge on any atom is -0.489 e. The van der Waals surface area contributed by atoms with Crippen molar-refractivity contribution in [1.29, 1.82) is 0 Å². The topological polar surface area (TPSA) is 49.9 Å². The Hall–Kier alpha value is -3.12. The zero-order valence-electron chi connectivity index (χ0n) is 17.0. The normalized spacial score (nSPS) is 13.7. The first kappa shape index (κ1) is 21.1. The number of carbonyl (C=O) groups is 2. The van der Waals surface area contributed by atoms with Crippen molar-refractivity contribution in [3.8, 4) is 5.75 Å². The molecule has 1 aliphatic rings. The van der Waals surface area contributed by atoms with E-state index in [1.165, 1.54) is 0 Å². The number of ether oxygens (including phenoxy) is 1. The number of hydrogen-bond acceptors (Lipinski definition) is 3. The van der Waals surface area contributed by atoms with Crippen LogP contribution in [-0.4, -0.2) is 47.8 Å². The number of halogens is 1. The third-order valence-electron chi connectivity index (χ3n) is 5.29. The van der Waals surface area contributed by atoms with Gasteiger partial charge in [0.25, 0.3) is 11.8 Å². The Morgan fingerprint density at radius 2 is 1.23 bits per heavy atom. The monoisotopic (exact) mass is 478 g/mol. The highest BCUT2D eigenvalue weighted by Gasteiger charge is 2.25. The maximum absolute atomic E-state index is 12.9. The molecular formula is C25H23BrN2O3. The van der Waals surface area contributed by atoms with Crippen LogP contribution in [0.4, 0.5) is 0 Å². The van der Waals surface area contributed by atoms with Crippen LogP contribution in [0.1, 0.15) is 26.3 Å². The lowest BCUT2D eigenvalue weighted by atomic mass is 10.1. The van der Waals surface area contributed by atoms with Crippen LogP contribution >= 0.6 is 15.9 Å². The Bertz CT molecular complexity index is 1030. The van der Waals surface area contributed by atoms with Crippen molar-refractivity contribution >= 4 is 27.7 Å². The second-order valence-corrected chi connectivity index (χ2v) is 8.31. The first-order valence-electron chi connectivity index (χ1n) is 10.2. The fraction of sp³-hybridized carbons (Fsp3) is 0.200. The Labute approximate surface area is 190 Å². The fourth-order valence-corrected chi connectivity index (χ4v) is 3.76. The van der Waals surface area contributed by atoms with Crippen LogP contribution in [0, 0.1) is 0 Å². The molecule has 0 aliphatic carbocycles. The molecule has 0 atom stereocenters. The van der Waals surface area contributed by atoms with Gasteiger partial charge in [0.15, 0.2) is 0 Å². The molecule has 2 amide bonds. The number of benzene rings is 3. The number of hydrogen-bond donors (Lipinski definition) is 0. The van der Waals surface area contributed by atoms with E-state index in [9.17, 15) is 9.59 Å². The zero-order valence-corrected chi connectivity index (χ0v) is 18.6. The number of amides is 2. The van der Waals surface area contributed by atoms with Gasteiger partial charge in [-0.2, -0.15) is 0 Å². The van der Waals surface area contributed by atoms with E-state index in [-0.39, 0.29) is 11.8 Å². The molecule has 1 heterocycles. The predicted octanol–water partition coefficient (Wildman–Crippen LogP) is 4.63. The smallest absolute Gasteiger partial charge is 0.253 e. The summed E-state index contributed by atoms with van der Waals surface area (Å²) < 4.78 is 6.79. The summed E-state index contributed by atoms with van der Waals surface area (Å²) >= 11 is 3.41. The van der Waals surface area contributed by atoms with E-state index in [0.717, 1.165) is 15.8 Å². The second kappa shape index (κ2) is 9.79. The maximum atomic E-state index is 12.9. The molecule has 5 nitrogen and oxygen atoms in total.